The van der Waals surface area contributed by atoms with E-state index in [0.717, 1.165) is 30.5 Å². The summed E-state index contributed by atoms with van der Waals surface area (Å²) in [7, 11) is 2.67. The van der Waals surface area contributed by atoms with Gasteiger partial charge in [-0.3, -0.25) is 25.0 Å². The molecule has 0 atom stereocenters. The molecule has 0 radical (unpaired) electrons. The number of methoxy groups -OCH3 is 2. The first-order valence-electron chi connectivity index (χ1n) is 7.49. The van der Waals surface area contributed by atoms with Gasteiger partial charge in [0.05, 0.1) is 47.5 Å². The lowest BCUT2D eigenvalue weighted by Crippen LogP contribution is -2.18. The minimum absolute atomic E-state index is 0.00575. The number of non-ortho nitro benzene ring substituents is 1. The summed E-state index contributed by atoms with van der Waals surface area (Å²) in [5, 5.41) is 35.3. The number of aromatic hydroxyl groups is 1. The molecule has 0 aromatic heterocycles. The van der Waals surface area contributed by atoms with Gasteiger partial charge in [-0.1, -0.05) is 0 Å². The van der Waals surface area contributed by atoms with Crippen LogP contribution in [0.4, 0.5) is 11.4 Å². The van der Waals surface area contributed by atoms with Crippen LogP contribution in [0.25, 0.3) is 0 Å². The monoisotopic (exact) mass is 390 g/mol. The molecular formula is C16H14N4O8. The van der Waals surface area contributed by atoms with Crippen LogP contribution in [-0.4, -0.2) is 41.3 Å². The Hall–Kier alpha value is -4.22. The van der Waals surface area contributed by atoms with Crippen LogP contribution in [0.3, 0.4) is 0 Å². The Kier molecular flexibility index (Phi) is 6.06. The highest BCUT2D eigenvalue weighted by molar-refractivity contribution is 5.98. The van der Waals surface area contributed by atoms with E-state index in [9.17, 15) is 30.1 Å². The zero-order valence-corrected chi connectivity index (χ0v) is 14.6. The van der Waals surface area contributed by atoms with Crippen LogP contribution in [0.2, 0.25) is 0 Å². The number of nitrogens with zero attached hydrogens (tertiary/aromatic N) is 3. The number of hydrogen-bond acceptors (Lipinski definition) is 9. The maximum Gasteiger partial charge on any atom is 0.282 e. The van der Waals surface area contributed by atoms with Crippen LogP contribution in [-0.2, 0) is 0 Å². The summed E-state index contributed by atoms with van der Waals surface area (Å²) in [5.74, 6) is -1.09. The SMILES string of the molecule is COc1cc(/C=N\NC(=O)c2cc([N+](=O)[O-])ccc2O)c([N+](=O)[O-])cc1OC. The number of nitro groups is 2. The minimum Gasteiger partial charge on any atom is -0.507 e. The van der Waals surface area contributed by atoms with Crippen molar-refractivity contribution < 1.29 is 29.2 Å². The van der Waals surface area contributed by atoms with Crippen molar-refractivity contribution in [3.8, 4) is 17.2 Å². The van der Waals surface area contributed by atoms with Crippen molar-refractivity contribution in [1.82, 2.24) is 5.43 Å². The lowest BCUT2D eigenvalue weighted by molar-refractivity contribution is -0.385. The summed E-state index contributed by atoms with van der Waals surface area (Å²) in [6, 6.07) is 5.32. The first-order valence-corrected chi connectivity index (χ1v) is 7.49. The van der Waals surface area contributed by atoms with Crippen LogP contribution < -0.4 is 14.9 Å². The van der Waals surface area contributed by atoms with E-state index in [1.54, 1.807) is 0 Å². The van der Waals surface area contributed by atoms with E-state index in [4.69, 9.17) is 9.47 Å². The van der Waals surface area contributed by atoms with Crippen molar-refractivity contribution in [3.63, 3.8) is 0 Å². The molecule has 0 aliphatic rings. The molecule has 146 valence electrons. The number of rotatable bonds is 7. The topological polar surface area (TPSA) is 166 Å². The quantitative estimate of drug-likeness (QED) is 0.411. The third-order valence-electron chi connectivity index (χ3n) is 3.53. The average molecular weight is 390 g/mol. The van der Waals surface area contributed by atoms with Gasteiger partial charge in [0.2, 0.25) is 0 Å². The zero-order chi connectivity index (χ0) is 20.8. The smallest absolute Gasteiger partial charge is 0.282 e. The number of hydrogen-bond donors (Lipinski definition) is 2. The van der Waals surface area contributed by atoms with Gasteiger partial charge in [0.25, 0.3) is 17.3 Å². The Balaban J connectivity index is 2.29. The van der Waals surface area contributed by atoms with E-state index in [1.165, 1.54) is 20.3 Å². The molecule has 1 amide bonds. The molecule has 0 heterocycles. The lowest BCUT2D eigenvalue weighted by Gasteiger charge is -2.08. The number of nitrogens with one attached hydrogen (secondary N) is 1. The van der Waals surface area contributed by atoms with Gasteiger partial charge >= 0.3 is 0 Å². The molecule has 12 nitrogen and oxygen atoms in total. The summed E-state index contributed by atoms with van der Waals surface area (Å²) in [4.78, 5) is 32.7. The number of ether oxygens (including phenoxy) is 2. The molecule has 2 aromatic carbocycles. The van der Waals surface area contributed by atoms with E-state index in [-0.39, 0.29) is 28.3 Å². The van der Waals surface area contributed by atoms with Gasteiger partial charge in [-0.05, 0) is 12.1 Å². The molecule has 0 bridgehead atoms. The summed E-state index contributed by atoms with van der Waals surface area (Å²) in [5.41, 5.74) is 0.911. The molecule has 2 N–H and O–H groups in total. The average Bonchev–Trinajstić information content (AvgIpc) is 2.67. The number of nitro benzene ring substituents is 2. The summed E-state index contributed by atoms with van der Waals surface area (Å²) in [6.45, 7) is 0. The van der Waals surface area contributed by atoms with Gasteiger partial charge < -0.3 is 14.6 Å². The number of amides is 1. The van der Waals surface area contributed by atoms with Gasteiger partial charge in [-0.15, -0.1) is 0 Å². The maximum absolute atomic E-state index is 12.1. The van der Waals surface area contributed by atoms with Gasteiger partial charge in [-0.2, -0.15) is 5.10 Å². The predicted octanol–water partition coefficient (Wildman–Crippen LogP) is 1.99. The number of carbonyl (C=O) groups is 1. The molecule has 0 saturated heterocycles. The lowest BCUT2D eigenvalue weighted by atomic mass is 10.1. The number of carbonyl (C=O) groups excluding carboxylic acids is 1. The van der Waals surface area contributed by atoms with Crippen LogP contribution in [0.1, 0.15) is 15.9 Å². The fraction of sp³-hybridized carbons (Fsp3) is 0.125. The van der Waals surface area contributed by atoms with Gasteiger partial charge in [-0.25, -0.2) is 5.43 Å². The molecule has 12 heteroatoms. The molecule has 0 aliphatic carbocycles. The Bertz CT molecular complexity index is 973. The van der Waals surface area contributed by atoms with Crippen LogP contribution >= 0.6 is 0 Å². The van der Waals surface area contributed by atoms with Crippen molar-refractivity contribution in [1.29, 1.82) is 0 Å². The van der Waals surface area contributed by atoms with Gasteiger partial charge in [0.15, 0.2) is 11.5 Å². The minimum atomic E-state index is -0.944. The first-order chi connectivity index (χ1) is 13.3. The molecule has 2 rings (SSSR count). The number of phenolic OH excluding ortho intramolecular Hbond substituents is 1. The number of benzene rings is 2. The van der Waals surface area contributed by atoms with Crippen molar-refractivity contribution >= 4 is 23.5 Å². The Labute approximate surface area is 157 Å². The standard InChI is InChI=1S/C16H14N4O8/c1-27-14-5-9(12(20(25)26)7-15(14)28-2)8-17-18-16(22)11-6-10(19(23)24)3-4-13(11)21/h3-8,21H,1-2H3,(H,18,22)/b17-8-. The number of phenols is 1. The third kappa shape index (κ3) is 4.30. The second-order valence-corrected chi connectivity index (χ2v) is 5.18. The van der Waals surface area contributed by atoms with Gasteiger partial charge in [0.1, 0.15) is 5.75 Å². The molecule has 0 unspecified atom stereocenters. The van der Waals surface area contributed by atoms with E-state index < -0.39 is 27.2 Å². The third-order valence-corrected chi connectivity index (χ3v) is 3.53. The highest BCUT2D eigenvalue weighted by Crippen LogP contribution is 2.33. The van der Waals surface area contributed by atoms with Crippen LogP contribution in [0.5, 0.6) is 17.2 Å². The van der Waals surface area contributed by atoms with E-state index in [0.29, 0.717) is 0 Å². The largest absolute Gasteiger partial charge is 0.507 e. The number of hydrazone groups is 1. The molecule has 0 aliphatic heterocycles. The van der Waals surface area contributed by atoms with Crippen molar-refractivity contribution in [2.75, 3.05) is 14.2 Å². The molecule has 2 aromatic rings. The predicted molar refractivity (Wildman–Crippen MR) is 96.0 cm³/mol. The second kappa shape index (κ2) is 8.44. The zero-order valence-electron chi connectivity index (χ0n) is 14.6. The maximum atomic E-state index is 12.1. The van der Waals surface area contributed by atoms with Gasteiger partial charge in [0, 0.05) is 12.1 Å². The second-order valence-electron chi connectivity index (χ2n) is 5.18. The molecule has 0 fully saturated rings. The summed E-state index contributed by atoms with van der Waals surface area (Å²) < 4.78 is 10.1. The fourth-order valence-electron chi connectivity index (χ4n) is 2.19. The molecule has 0 saturated carbocycles. The van der Waals surface area contributed by atoms with Crippen molar-refractivity contribution in [3.05, 3.63) is 61.7 Å². The van der Waals surface area contributed by atoms with Crippen LogP contribution in [0, 0.1) is 20.2 Å². The van der Waals surface area contributed by atoms with Crippen molar-refractivity contribution in [2.45, 2.75) is 0 Å². The van der Waals surface area contributed by atoms with E-state index in [1.807, 2.05) is 5.43 Å². The summed E-state index contributed by atoms with van der Waals surface area (Å²) in [6.07, 6.45) is 0.992. The Morgan fingerprint density at radius 3 is 2.32 bits per heavy atom. The highest BCUT2D eigenvalue weighted by atomic mass is 16.6. The molecular weight excluding hydrogens is 376 g/mol. The Morgan fingerprint density at radius 1 is 1.11 bits per heavy atom. The molecule has 28 heavy (non-hydrogen) atoms. The highest BCUT2D eigenvalue weighted by Gasteiger charge is 2.19. The summed E-state index contributed by atoms with van der Waals surface area (Å²) >= 11 is 0. The first kappa shape index (κ1) is 20.1. The Morgan fingerprint density at radius 2 is 1.75 bits per heavy atom. The van der Waals surface area contributed by atoms with Crippen molar-refractivity contribution in [2.24, 2.45) is 5.10 Å². The van der Waals surface area contributed by atoms with E-state index in [2.05, 4.69) is 5.10 Å². The van der Waals surface area contributed by atoms with E-state index >= 15 is 0 Å². The fourth-order valence-corrected chi connectivity index (χ4v) is 2.19. The normalized spacial score (nSPS) is 10.5. The molecule has 0 spiro atoms. The van der Waals surface area contributed by atoms with Crippen LogP contribution in [0.15, 0.2) is 35.4 Å².